The van der Waals surface area contributed by atoms with Crippen LogP contribution in [0.1, 0.15) is 287 Å². The van der Waals surface area contributed by atoms with Crippen molar-refractivity contribution in [1.82, 2.24) is 0 Å². The Hall–Kier alpha value is -8.32. The average molecular weight is 1400 g/mol. The summed E-state index contributed by atoms with van der Waals surface area (Å²) >= 11 is 0. The number of hydrogen-bond donors (Lipinski definition) is 0. The minimum Gasteiger partial charge on any atom is -0.0757 e. The minimum absolute atomic E-state index is 0.0960. The van der Waals surface area contributed by atoms with Crippen molar-refractivity contribution in [1.29, 1.82) is 0 Å². The molecule has 106 heavy (non-hydrogen) atoms. The SMILES string of the molecule is CC(C)(C)c1cc(-c2cc(-c3cc(C(C)(C)C)cc(C(C)(C)C)c3)cc(-c3cc(-c4ccccc4-c4ccccc4C(C)(C)C)c(-c4cc(-c5cc(C(C)(C)C)cc(C(C)(C)C)c5)cc(-c5cc(C(C)(C)C)cc(C(C)(C)C)c5)c4)cc3C3=CCCC=C3c3ccccc3C(C)(C)C)c2)cc(C(C)(C)C)c1. The summed E-state index contributed by atoms with van der Waals surface area (Å²) in [5.74, 6) is 0. The van der Waals surface area contributed by atoms with Crippen molar-refractivity contribution in [3.05, 3.63) is 273 Å². The van der Waals surface area contributed by atoms with Gasteiger partial charge in [0.25, 0.3) is 0 Å². The van der Waals surface area contributed by atoms with Crippen LogP contribution in [0.2, 0.25) is 0 Å². The fourth-order valence-electron chi connectivity index (χ4n) is 15.3. The average Bonchev–Trinajstić information content (AvgIpc) is 0.741. The topological polar surface area (TPSA) is 0 Å². The van der Waals surface area contributed by atoms with E-state index >= 15 is 0 Å². The molecule has 0 nitrogen and oxygen atoms in total. The molecular weight excluding hydrogens is 1270 g/mol. The van der Waals surface area contributed by atoms with Gasteiger partial charge in [0, 0.05) is 0 Å². The molecule has 0 saturated carbocycles. The maximum Gasteiger partial charge on any atom is -0.00926 e. The summed E-state index contributed by atoms with van der Waals surface area (Å²) in [6.45, 7) is 71.2. The Morgan fingerprint density at radius 2 is 0.368 bits per heavy atom. The Morgan fingerprint density at radius 1 is 0.160 bits per heavy atom. The van der Waals surface area contributed by atoms with Crippen molar-refractivity contribution < 1.29 is 0 Å². The Bertz CT molecular complexity index is 4720. The molecule has 0 unspecified atom stereocenters. The normalized spacial score (nSPS) is 14.0. The molecule has 1 aliphatic carbocycles. The van der Waals surface area contributed by atoms with Crippen LogP contribution < -0.4 is 0 Å². The van der Waals surface area contributed by atoms with Gasteiger partial charge in [-0.3, -0.25) is 0 Å². The lowest BCUT2D eigenvalue weighted by Crippen LogP contribution is -2.16. The molecule has 0 heterocycles. The van der Waals surface area contributed by atoms with Gasteiger partial charge < -0.3 is 0 Å². The van der Waals surface area contributed by atoms with Gasteiger partial charge in [-0.05, 0) is 282 Å². The number of allylic oxidation sites excluding steroid dienone is 4. The Kier molecular flexibility index (Phi) is 20.8. The summed E-state index contributed by atoms with van der Waals surface area (Å²) in [6, 6.07) is 78.4. The van der Waals surface area contributed by atoms with Gasteiger partial charge in [0.05, 0.1) is 0 Å². The zero-order valence-corrected chi connectivity index (χ0v) is 71.0. The van der Waals surface area contributed by atoms with Crippen LogP contribution in [-0.2, 0) is 54.1 Å². The van der Waals surface area contributed by atoms with E-state index in [9.17, 15) is 0 Å². The zero-order chi connectivity index (χ0) is 77.8. The molecule has 10 aromatic carbocycles. The van der Waals surface area contributed by atoms with Crippen molar-refractivity contribution in [2.45, 2.75) is 275 Å². The highest BCUT2D eigenvalue weighted by molar-refractivity contribution is 6.11. The van der Waals surface area contributed by atoms with Crippen molar-refractivity contribution in [2.75, 3.05) is 0 Å². The highest BCUT2D eigenvalue weighted by Crippen LogP contribution is 2.52. The van der Waals surface area contributed by atoms with E-state index in [0.717, 1.165) is 12.8 Å². The highest BCUT2D eigenvalue weighted by Gasteiger charge is 2.32. The van der Waals surface area contributed by atoms with E-state index in [1.165, 1.54) is 167 Å². The first-order chi connectivity index (χ1) is 48.8. The first-order valence-electron chi connectivity index (χ1n) is 39.7. The molecule has 0 radical (unpaired) electrons. The molecule has 1 aliphatic rings. The van der Waals surface area contributed by atoms with Crippen LogP contribution >= 0.6 is 0 Å². The molecule has 0 atom stereocenters. The third kappa shape index (κ3) is 17.1. The van der Waals surface area contributed by atoms with Crippen LogP contribution in [0.3, 0.4) is 0 Å². The van der Waals surface area contributed by atoms with Crippen molar-refractivity contribution in [3.8, 4) is 89.0 Å². The number of hydrogen-bond acceptors (Lipinski definition) is 0. The maximum absolute atomic E-state index is 2.67. The van der Waals surface area contributed by atoms with Crippen LogP contribution in [0.4, 0.5) is 0 Å². The second kappa shape index (κ2) is 28.0. The van der Waals surface area contributed by atoms with Gasteiger partial charge in [-0.1, -0.05) is 365 Å². The van der Waals surface area contributed by atoms with Gasteiger partial charge in [0.1, 0.15) is 0 Å². The second-order valence-corrected chi connectivity index (χ2v) is 41.7. The fourth-order valence-corrected chi connectivity index (χ4v) is 15.3. The molecule has 0 N–H and O–H groups in total. The molecule has 0 heteroatoms. The lowest BCUT2D eigenvalue weighted by Gasteiger charge is -2.29. The van der Waals surface area contributed by atoms with Gasteiger partial charge in [0.15, 0.2) is 0 Å². The van der Waals surface area contributed by atoms with E-state index in [0.29, 0.717) is 0 Å². The Balaban J connectivity index is 1.40. The molecule has 10 aromatic rings. The molecule has 0 bridgehead atoms. The molecular formula is C106H128. The van der Waals surface area contributed by atoms with E-state index in [-0.39, 0.29) is 54.1 Å². The van der Waals surface area contributed by atoms with Crippen LogP contribution in [0, 0.1) is 0 Å². The van der Waals surface area contributed by atoms with Gasteiger partial charge in [-0.15, -0.1) is 0 Å². The maximum atomic E-state index is 2.67. The molecule has 0 saturated heterocycles. The smallest absolute Gasteiger partial charge is 0.00926 e. The standard InChI is InChI=1S/C106H128/c1-97(2,3)77-53-71(54-78(61-77)98(4,5)6)67-47-68(72-55-79(99(7,8)9)62-80(56-72)100(10,11)12)50-75(49-67)91-65-94(88-42-34-32-40-86(88)90-44-36-38-46-96(90)106(28,29)30)92(66-93(91)87-41-33-31-39-85(87)89-43-35-37-45-95(89)105(25,26)27)76-51-69(73-57-81(101(13,14)15)63-82(58-73)102(16,17)18)48-70(52-76)74-59-83(103(19,20)21)64-84(60-74)104(22,23)24/h31,33,35-66H,32,34H2,1-30H3. The number of rotatable bonds is 10. The first kappa shape index (κ1) is 78.7. The molecule has 0 aromatic heterocycles. The lowest BCUT2D eigenvalue weighted by atomic mass is 9.75. The predicted molar refractivity (Wildman–Crippen MR) is 469 cm³/mol. The summed E-state index contributed by atoms with van der Waals surface area (Å²) in [5.41, 5.74) is 36.9. The monoisotopic (exact) mass is 1400 g/mol. The van der Waals surface area contributed by atoms with Crippen LogP contribution in [0.25, 0.3) is 100 Å². The van der Waals surface area contributed by atoms with Gasteiger partial charge in [0.2, 0.25) is 0 Å². The van der Waals surface area contributed by atoms with E-state index in [1.54, 1.807) is 0 Å². The number of benzene rings is 10. The molecule has 0 spiro atoms. The summed E-state index contributed by atoms with van der Waals surface area (Å²) in [7, 11) is 0. The van der Waals surface area contributed by atoms with E-state index in [2.05, 4.69) is 414 Å². The summed E-state index contributed by atoms with van der Waals surface area (Å²) in [4.78, 5) is 0. The van der Waals surface area contributed by atoms with Crippen LogP contribution in [-0.4, -0.2) is 0 Å². The molecule has 552 valence electrons. The largest absolute Gasteiger partial charge is 0.0757 e. The first-order valence-corrected chi connectivity index (χ1v) is 39.7. The fraction of sp³-hybridized carbons (Fsp3) is 0.396. The van der Waals surface area contributed by atoms with Crippen molar-refractivity contribution in [2.24, 2.45) is 0 Å². The molecule has 0 fully saturated rings. The van der Waals surface area contributed by atoms with Crippen molar-refractivity contribution in [3.63, 3.8) is 0 Å². The summed E-state index contributed by atoms with van der Waals surface area (Å²) in [5, 5.41) is 0. The highest BCUT2D eigenvalue weighted by atomic mass is 14.4. The van der Waals surface area contributed by atoms with Crippen molar-refractivity contribution >= 4 is 11.1 Å². The summed E-state index contributed by atoms with van der Waals surface area (Å²) in [6.07, 6.45) is 7.05. The zero-order valence-electron chi connectivity index (χ0n) is 71.0. The second-order valence-electron chi connectivity index (χ2n) is 41.7. The van der Waals surface area contributed by atoms with E-state index < -0.39 is 0 Å². The van der Waals surface area contributed by atoms with E-state index in [4.69, 9.17) is 0 Å². The molecule has 0 amide bonds. The lowest BCUT2D eigenvalue weighted by molar-refractivity contribution is 0.568. The third-order valence-electron chi connectivity index (χ3n) is 22.4. The minimum atomic E-state index is -0.142. The van der Waals surface area contributed by atoms with E-state index in [1.807, 2.05) is 0 Å². The van der Waals surface area contributed by atoms with Gasteiger partial charge in [-0.2, -0.15) is 0 Å². The van der Waals surface area contributed by atoms with Gasteiger partial charge in [-0.25, -0.2) is 0 Å². The third-order valence-corrected chi connectivity index (χ3v) is 22.4. The summed E-state index contributed by atoms with van der Waals surface area (Å²) < 4.78 is 0. The molecule has 11 rings (SSSR count). The quantitative estimate of drug-likeness (QED) is 0.128. The predicted octanol–water partition coefficient (Wildman–Crippen LogP) is 31.3. The Labute approximate surface area is 643 Å². The Morgan fingerprint density at radius 3 is 0.651 bits per heavy atom. The molecule has 0 aliphatic heterocycles. The van der Waals surface area contributed by atoms with Crippen LogP contribution in [0.15, 0.2) is 206 Å². The van der Waals surface area contributed by atoms with Gasteiger partial charge >= 0.3 is 0 Å². The van der Waals surface area contributed by atoms with Crippen LogP contribution in [0.5, 0.6) is 0 Å².